The minimum Gasteiger partial charge on any atom is -0.383 e. The van der Waals surface area contributed by atoms with Gasteiger partial charge in [-0.2, -0.15) is 0 Å². The maximum atomic E-state index is 11.8. The third kappa shape index (κ3) is 9.83. The van der Waals surface area contributed by atoms with Gasteiger partial charge in [0.15, 0.2) is 5.96 Å². The van der Waals surface area contributed by atoms with Crippen molar-refractivity contribution in [3.05, 3.63) is 0 Å². The molecule has 1 saturated heterocycles. The quantitative estimate of drug-likeness (QED) is 0.204. The summed E-state index contributed by atoms with van der Waals surface area (Å²) < 4.78 is 4.90. The molecule has 146 valence electrons. The van der Waals surface area contributed by atoms with Crippen LogP contribution in [0.2, 0.25) is 0 Å². The van der Waals surface area contributed by atoms with Crippen molar-refractivity contribution in [2.75, 3.05) is 53.5 Å². The highest BCUT2D eigenvalue weighted by molar-refractivity contribution is 14.0. The Labute approximate surface area is 167 Å². The predicted molar refractivity (Wildman–Crippen MR) is 109 cm³/mol. The Balaban J connectivity index is 0.00000576. The highest BCUT2D eigenvalue weighted by Crippen LogP contribution is 2.20. The third-order valence-corrected chi connectivity index (χ3v) is 4.00. The van der Waals surface area contributed by atoms with Gasteiger partial charge in [-0.3, -0.25) is 9.59 Å². The lowest BCUT2D eigenvalue weighted by Gasteiger charge is -2.34. The lowest BCUT2D eigenvalue weighted by atomic mass is 9.93. The Kier molecular flexibility index (Phi) is 13.5. The summed E-state index contributed by atoms with van der Waals surface area (Å²) in [6.07, 6.45) is 2.50. The van der Waals surface area contributed by atoms with Gasteiger partial charge in [-0.1, -0.05) is 0 Å². The van der Waals surface area contributed by atoms with Crippen LogP contribution in [0.5, 0.6) is 0 Å². The molecule has 1 fully saturated rings. The molecule has 0 aromatic carbocycles. The van der Waals surface area contributed by atoms with Gasteiger partial charge in [-0.05, 0) is 25.7 Å². The van der Waals surface area contributed by atoms with Gasteiger partial charge in [0.05, 0.1) is 6.61 Å². The van der Waals surface area contributed by atoms with Crippen LogP contribution < -0.4 is 16.0 Å². The molecule has 8 nitrogen and oxygen atoms in total. The van der Waals surface area contributed by atoms with E-state index in [1.165, 1.54) is 0 Å². The van der Waals surface area contributed by atoms with Gasteiger partial charge < -0.3 is 25.6 Å². The van der Waals surface area contributed by atoms with Crippen molar-refractivity contribution >= 4 is 41.8 Å². The zero-order valence-electron chi connectivity index (χ0n) is 15.5. The van der Waals surface area contributed by atoms with Gasteiger partial charge in [0.1, 0.15) is 6.54 Å². The average Bonchev–Trinajstić information content (AvgIpc) is 2.59. The maximum Gasteiger partial charge on any atom is 0.241 e. The number of carbonyl (C=O) groups is 2. The first-order chi connectivity index (χ1) is 11.6. The van der Waals surface area contributed by atoms with E-state index in [4.69, 9.17) is 4.74 Å². The van der Waals surface area contributed by atoms with Gasteiger partial charge in [-0.25, -0.2) is 4.99 Å². The van der Waals surface area contributed by atoms with Crippen LogP contribution >= 0.6 is 24.0 Å². The molecule has 3 N–H and O–H groups in total. The third-order valence-electron chi connectivity index (χ3n) is 4.00. The Morgan fingerprint density at radius 1 is 1.20 bits per heavy atom. The maximum absolute atomic E-state index is 11.8. The summed E-state index contributed by atoms with van der Waals surface area (Å²) in [4.78, 5) is 29.8. The number of aliphatic imine (C=N–C) groups is 1. The smallest absolute Gasteiger partial charge is 0.241 e. The summed E-state index contributed by atoms with van der Waals surface area (Å²) in [6.45, 7) is 5.54. The standard InChI is InChI=1S/C16H31N5O3.HI/c1-4-18-16(20-12-15(23)19-7-10-24-3)21-8-5-13(6-9-21)11-14(22)17-2;/h13H,4-12H2,1-3H3,(H,17,22)(H,18,20)(H,19,23);1H. The molecular formula is C16H32IN5O3. The number of carbonyl (C=O) groups excluding carboxylic acids is 2. The second kappa shape index (κ2) is 14.1. The predicted octanol–water partition coefficient (Wildman–Crippen LogP) is 0.181. The number of piperidine rings is 1. The molecule has 25 heavy (non-hydrogen) atoms. The van der Waals surface area contributed by atoms with Crippen molar-refractivity contribution in [2.45, 2.75) is 26.2 Å². The summed E-state index contributed by atoms with van der Waals surface area (Å²) in [6, 6.07) is 0. The monoisotopic (exact) mass is 469 g/mol. The van der Waals surface area contributed by atoms with Crippen LogP contribution in [0, 0.1) is 5.92 Å². The molecule has 9 heteroatoms. The lowest BCUT2D eigenvalue weighted by molar-refractivity contribution is -0.122. The number of amides is 2. The Hall–Kier alpha value is -1.10. The Morgan fingerprint density at radius 3 is 2.44 bits per heavy atom. The molecule has 1 rings (SSSR count). The van der Waals surface area contributed by atoms with Crippen molar-refractivity contribution in [1.82, 2.24) is 20.9 Å². The molecule has 0 saturated carbocycles. The summed E-state index contributed by atoms with van der Waals surface area (Å²) in [5, 5.41) is 8.67. The van der Waals surface area contributed by atoms with Gasteiger partial charge >= 0.3 is 0 Å². The Bertz CT molecular complexity index is 426. The number of nitrogens with zero attached hydrogens (tertiary/aromatic N) is 2. The fraction of sp³-hybridized carbons (Fsp3) is 0.812. The highest BCUT2D eigenvalue weighted by Gasteiger charge is 2.23. The number of halogens is 1. The van der Waals surface area contributed by atoms with Crippen LogP contribution in [0.15, 0.2) is 4.99 Å². The first-order valence-electron chi connectivity index (χ1n) is 8.60. The van der Waals surface area contributed by atoms with Crippen LogP contribution in [0.25, 0.3) is 0 Å². The van der Waals surface area contributed by atoms with Gasteiger partial charge in [0.25, 0.3) is 0 Å². The molecule has 0 spiro atoms. The van der Waals surface area contributed by atoms with E-state index < -0.39 is 0 Å². The van der Waals surface area contributed by atoms with Gasteiger partial charge in [0, 0.05) is 46.8 Å². The highest BCUT2D eigenvalue weighted by atomic mass is 127. The summed E-state index contributed by atoms with van der Waals surface area (Å²) in [5.74, 6) is 1.16. The number of likely N-dealkylation sites (tertiary alicyclic amines) is 1. The van der Waals surface area contributed by atoms with E-state index in [9.17, 15) is 9.59 Å². The van der Waals surface area contributed by atoms with Crippen molar-refractivity contribution in [1.29, 1.82) is 0 Å². The molecule has 2 amide bonds. The molecule has 0 radical (unpaired) electrons. The van der Waals surface area contributed by atoms with Crippen LogP contribution in [0.1, 0.15) is 26.2 Å². The molecule has 0 aromatic heterocycles. The van der Waals surface area contributed by atoms with Crippen LogP contribution in [0.4, 0.5) is 0 Å². The molecular weight excluding hydrogens is 437 g/mol. The number of guanidine groups is 1. The largest absolute Gasteiger partial charge is 0.383 e. The van der Waals surface area contributed by atoms with Crippen LogP contribution in [-0.4, -0.2) is 76.2 Å². The molecule has 0 unspecified atom stereocenters. The average molecular weight is 469 g/mol. The van der Waals surface area contributed by atoms with E-state index >= 15 is 0 Å². The van der Waals surface area contributed by atoms with Crippen molar-refractivity contribution in [3.63, 3.8) is 0 Å². The minimum absolute atomic E-state index is 0. The van der Waals surface area contributed by atoms with Gasteiger partial charge in [0.2, 0.25) is 11.8 Å². The number of methoxy groups -OCH3 is 1. The lowest BCUT2D eigenvalue weighted by Crippen LogP contribution is -2.46. The van der Waals surface area contributed by atoms with E-state index in [0.29, 0.717) is 25.5 Å². The molecule has 1 aliphatic rings. The second-order valence-corrected chi connectivity index (χ2v) is 5.82. The normalized spacial score (nSPS) is 15.3. The van der Waals surface area contributed by atoms with Crippen molar-refractivity contribution in [3.8, 4) is 0 Å². The summed E-state index contributed by atoms with van der Waals surface area (Å²) in [7, 11) is 3.27. The van der Waals surface area contributed by atoms with Crippen LogP contribution in [0.3, 0.4) is 0 Å². The SMILES string of the molecule is CCNC(=NCC(=O)NCCOC)N1CCC(CC(=O)NC)CC1.I. The summed E-state index contributed by atoms with van der Waals surface area (Å²) in [5.41, 5.74) is 0. The zero-order valence-corrected chi connectivity index (χ0v) is 17.8. The fourth-order valence-electron chi connectivity index (χ4n) is 2.63. The molecule has 0 aromatic rings. The van der Waals surface area contributed by atoms with Crippen molar-refractivity contribution < 1.29 is 14.3 Å². The first kappa shape index (κ1) is 23.9. The van der Waals surface area contributed by atoms with Crippen LogP contribution in [-0.2, 0) is 14.3 Å². The van der Waals surface area contributed by atoms with E-state index in [1.54, 1.807) is 14.2 Å². The molecule has 1 aliphatic heterocycles. The first-order valence-corrected chi connectivity index (χ1v) is 8.60. The topological polar surface area (TPSA) is 95.1 Å². The zero-order chi connectivity index (χ0) is 17.8. The van der Waals surface area contributed by atoms with E-state index in [-0.39, 0.29) is 42.3 Å². The number of rotatable bonds is 8. The molecule has 0 atom stereocenters. The van der Waals surface area contributed by atoms with E-state index in [1.807, 2.05) is 6.92 Å². The fourth-order valence-corrected chi connectivity index (χ4v) is 2.63. The number of nitrogens with one attached hydrogen (secondary N) is 3. The van der Waals surface area contributed by atoms with Crippen molar-refractivity contribution in [2.24, 2.45) is 10.9 Å². The number of hydrogen-bond acceptors (Lipinski definition) is 4. The minimum atomic E-state index is -0.114. The number of hydrogen-bond donors (Lipinski definition) is 3. The Morgan fingerprint density at radius 2 is 1.88 bits per heavy atom. The number of ether oxygens (including phenoxy) is 1. The second-order valence-electron chi connectivity index (χ2n) is 5.82. The van der Waals surface area contributed by atoms with E-state index in [0.717, 1.165) is 38.4 Å². The van der Waals surface area contributed by atoms with Gasteiger partial charge in [-0.15, -0.1) is 24.0 Å². The molecule has 0 bridgehead atoms. The molecule has 0 aliphatic carbocycles. The van der Waals surface area contributed by atoms with E-state index in [2.05, 4.69) is 25.8 Å². The molecule has 1 heterocycles. The summed E-state index contributed by atoms with van der Waals surface area (Å²) >= 11 is 0.